The van der Waals surface area contributed by atoms with Crippen LogP contribution in [0.2, 0.25) is 0 Å². The highest BCUT2D eigenvalue weighted by Gasteiger charge is 2.30. The van der Waals surface area contributed by atoms with Crippen molar-refractivity contribution in [1.82, 2.24) is 9.21 Å². The van der Waals surface area contributed by atoms with Gasteiger partial charge in [-0.1, -0.05) is 30.3 Å². The van der Waals surface area contributed by atoms with Crippen LogP contribution in [0, 0.1) is 0 Å². The summed E-state index contributed by atoms with van der Waals surface area (Å²) >= 11 is 0. The van der Waals surface area contributed by atoms with Gasteiger partial charge in [-0.05, 0) is 12.5 Å². The Hall–Kier alpha value is -1.86. The normalized spacial score (nSPS) is 12.3. The first-order valence-corrected chi connectivity index (χ1v) is 8.28. The second-order valence-corrected chi connectivity index (χ2v) is 6.94. The topological polar surface area (TPSA) is 66.9 Å². The fourth-order valence-electron chi connectivity index (χ4n) is 1.75. The van der Waals surface area contributed by atoms with Crippen molar-refractivity contribution in [3.8, 4) is 0 Å². The van der Waals surface area contributed by atoms with E-state index in [-0.39, 0.29) is 18.1 Å². The lowest BCUT2D eigenvalue weighted by molar-refractivity contribution is -0.137. The molecule has 1 aromatic rings. The Kier molecular flexibility index (Phi) is 6.58. The van der Waals surface area contributed by atoms with E-state index in [1.807, 2.05) is 30.3 Å². The molecule has 0 aliphatic heterocycles. The number of rotatable bonds is 7. The maximum Gasteiger partial charge on any atom is 0.352 e. The Morgan fingerprint density at radius 1 is 1.18 bits per heavy atom. The molecular weight excluding hydrogens is 304 g/mol. The second-order valence-electron chi connectivity index (χ2n) is 4.92. The van der Waals surface area contributed by atoms with Gasteiger partial charge in [0, 0.05) is 33.9 Å². The third-order valence-electron chi connectivity index (χ3n) is 2.79. The van der Waals surface area contributed by atoms with E-state index in [4.69, 9.17) is 4.74 Å². The zero-order chi connectivity index (χ0) is 16.8. The molecule has 1 rings (SSSR count). The third-order valence-corrected chi connectivity index (χ3v) is 4.57. The van der Waals surface area contributed by atoms with Gasteiger partial charge < -0.3 is 9.64 Å². The summed E-state index contributed by atoms with van der Waals surface area (Å²) in [7, 11) is 0.788. The van der Waals surface area contributed by atoms with Crippen molar-refractivity contribution in [3.05, 3.63) is 47.0 Å². The van der Waals surface area contributed by atoms with Crippen LogP contribution in [0.5, 0.6) is 0 Å². The third kappa shape index (κ3) is 4.85. The number of nitrogens with zero attached hydrogens (tertiary/aromatic N) is 2. The molecule has 6 nitrogen and oxygen atoms in total. The molecule has 122 valence electrons. The predicted octanol–water partition coefficient (Wildman–Crippen LogP) is 1.41. The van der Waals surface area contributed by atoms with Crippen molar-refractivity contribution in [3.63, 3.8) is 0 Å². The van der Waals surface area contributed by atoms with Gasteiger partial charge in [-0.3, -0.25) is 0 Å². The molecular formula is C15H22N2O4S. The van der Waals surface area contributed by atoms with Crippen LogP contribution in [0.4, 0.5) is 0 Å². The zero-order valence-electron chi connectivity index (χ0n) is 13.3. The molecule has 0 radical (unpaired) electrons. The van der Waals surface area contributed by atoms with Crippen LogP contribution >= 0.6 is 0 Å². The van der Waals surface area contributed by atoms with E-state index in [0.29, 0.717) is 0 Å². The average Bonchev–Trinajstić information content (AvgIpc) is 2.45. The van der Waals surface area contributed by atoms with Crippen molar-refractivity contribution < 1.29 is 17.9 Å². The minimum Gasteiger partial charge on any atom is -0.462 e. The summed E-state index contributed by atoms with van der Waals surface area (Å²) in [5.41, 5.74) is 0.835. The minimum absolute atomic E-state index is 0.113. The van der Waals surface area contributed by atoms with E-state index in [9.17, 15) is 13.2 Å². The maximum atomic E-state index is 12.6. The van der Waals surface area contributed by atoms with Gasteiger partial charge in [0.05, 0.1) is 6.61 Å². The lowest BCUT2D eigenvalue weighted by Gasteiger charge is -2.19. The quantitative estimate of drug-likeness (QED) is 0.560. The summed E-state index contributed by atoms with van der Waals surface area (Å²) in [6, 6.07) is 9.17. The van der Waals surface area contributed by atoms with Crippen LogP contribution in [0.15, 0.2) is 41.4 Å². The van der Waals surface area contributed by atoms with Crippen molar-refractivity contribution in [2.75, 3.05) is 27.7 Å². The number of ether oxygens (including phenoxy) is 1. The lowest BCUT2D eigenvalue weighted by Crippen LogP contribution is -2.32. The summed E-state index contributed by atoms with van der Waals surface area (Å²) in [4.78, 5) is 13.1. The van der Waals surface area contributed by atoms with Gasteiger partial charge in [0.2, 0.25) is 0 Å². The molecule has 0 fully saturated rings. The highest BCUT2D eigenvalue weighted by Crippen LogP contribution is 2.17. The summed E-state index contributed by atoms with van der Waals surface area (Å²) in [5, 5.41) is 0. The standard InChI is InChI=1S/C15H22N2O4S/c1-5-21-15(18)14(12-16(2)3)22(19,20)17(4)11-13-9-7-6-8-10-13/h6-10,12H,5,11H2,1-4H3. The molecule has 0 unspecified atom stereocenters. The van der Waals surface area contributed by atoms with E-state index >= 15 is 0 Å². The van der Waals surface area contributed by atoms with E-state index < -0.39 is 16.0 Å². The summed E-state index contributed by atoms with van der Waals surface area (Å²) in [6.07, 6.45) is 1.26. The summed E-state index contributed by atoms with van der Waals surface area (Å²) in [6.45, 7) is 1.92. The van der Waals surface area contributed by atoms with Gasteiger partial charge >= 0.3 is 5.97 Å². The van der Waals surface area contributed by atoms with E-state index in [1.165, 1.54) is 18.1 Å². The van der Waals surface area contributed by atoms with Gasteiger partial charge in [-0.25, -0.2) is 13.2 Å². The number of hydrogen-bond acceptors (Lipinski definition) is 5. The molecule has 0 aromatic heterocycles. The van der Waals surface area contributed by atoms with Gasteiger partial charge in [-0.15, -0.1) is 0 Å². The van der Waals surface area contributed by atoms with E-state index in [2.05, 4.69) is 0 Å². The van der Waals surface area contributed by atoms with Crippen LogP contribution in [0.3, 0.4) is 0 Å². The first-order valence-electron chi connectivity index (χ1n) is 6.84. The molecule has 22 heavy (non-hydrogen) atoms. The number of carbonyl (C=O) groups excluding carboxylic acids is 1. The average molecular weight is 326 g/mol. The Labute approximate surface area is 132 Å². The van der Waals surface area contributed by atoms with Crippen LogP contribution < -0.4 is 0 Å². The molecule has 0 heterocycles. The van der Waals surface area contributed by atoms with Crippen LogP contribution in [-0.4, -0.2) is 51.3 Å². The molecule has 0 aliphatic carbocycles. The summed E-state index contributed by atoms with van der Waals surface area (Å²) < 4.78 is 31.2. The molecule has 0 saturated carbocycles. The van der Waals surface area contributed by atoms with E-state index in [1.54, 1.807) is 21.0 Å². The van der Waals surface area contributed by atoms with Gasteiger partial charge in [0.1, 0.15) is 0 Å². The maximum absolute atomic E-state index is 12.6. The van der Waals surface area contributed by atoms with Crippen LogP contribution in [0.1, 0.15) is 12.5 Å². The smallest absolute Gasteiger partial charge is 0.352 e. The van der Waals surface area contributed by atoms with Crippen LogP contribution in [-0.2, 0) is 26.1 Å². The molecule has 0 saturated heterocycles. The zero-order valence-corrected chi connectivity index (χ0v) is 14.1. The van der Waals surface area contributed by atoms with Gasteiger partial charge in [0.15, 0.2) is 4.91 Å². The SMILES string of the molecule is CCOC(=O)C(=CN(C)C)S(=O)(=O)N(C)Cc1ccccc1. The van der Waals surface area contributed by atoms with Crippen molar-refractivity contribution >= 4 is 16.0 Å². The van der Waals surface area contributed by atoms with Crippen molar-refractivity contribution in [1.29, 1.82) is 0 Å². The monoisotopic (exact) mass is 326 g/mol. The van der Waals surface area contributed by atoms with Gasteiger partial charge in [0.25, 0.3) is 10.0 Å². The van der Waals surface area contributed by atoms with E-state index in [0.717, 1.165) is 9.87 Å². The molecule has 0 spiro atoms. The highest BCUT2D eigenvalue weighted by molar-refractivity contribution is 7.93. The highest BCUT2D eigenvalue weighted by atomic mass is 32.2. The lowest BCUT2D eigenvalue weighted by atomic mass is 10.2. The first-order chi connectivity index (χ1) is 10.3. The van der Waals surface area contributed by atoms with Crippen molar-refractivity contribution in [2.45, 2.75) is 13.5 Å². The second kappa shape index (κ2) is 7.95. The largest absolute Gasteiger partial charge is 0.462 e. The first kappa shape index (κ1) is 18.2. The number of hydrogen-bond donors (Lipinski definition) is 0. The minimum atomic E-state index is -3.94. The molecule has 7 heteroatoms. The number of benzene rings is 1. The van der Waals surface area contributed by atoms with Crippen LogP contribution in [0.25, 0.3) is 0 Å². The molecule has 0 bridgehead atoms. The molecule has 0 aliphatic rings. The number of esters is 1. The fraction of sp³-hybridized carbons (Fsp3) is 0.400. The predicted molar refractivity (Wildman–Crippen MR) is 85.2 cm³/mol. The molecule has 1 aromatic carbocycles. The molecule has 0 N–H and O–H groups in total. The Morgan fingerprint density at radius 3 is 2.27 bits per heavy atom. The Balaban J connectivity index is 3.08. The number of sulfonamides is 1. The number of carbonyl (C=O) groups is 1. The molecule has 0 atom stereocenters. The summed E-state index contributed by atoms with van der Waals surface area (Å²) in [5.74, 6) is -0.851. The Morgan fingerprint density at radius 2 is 1.77 bits per heavy atom. The van der Waals surface area contributed by atoms with Gasteiger partial charge in [-0.2, -0.15) is 4.31 Å². The molecule has 0 amide bonds. The Bertz CT molecular complexity index is 624. The van der Waals surface area contributed by atoms with Crippen molar-refractivity contribution in [2.24, 2.45) is 0 Å². The fourth-order valence-corrected chi connectivity index (χ4v) is 3.02.